The zero-order valence-corrected chi connectivity index (χ0v) is 15.6. The van der Waals surface area contributed by atoms with Crippen molar-refractivity contribution in [2.24, 2.45) is 5.41 Å². The fraction of sp³-hybridized carbons (Fsp3) is 0.381. The van der Waals surface area contributed by atoms with Gasteiger partial charge in [-0.25, -0.2) is 4.98 Å². The first-order valence-electron chi connectivity index (χ1n) is 9.77. The van der Waals surface area contributed by atoms with Gasteiger partial charge in [0.1, 0.15) is 11.4 Å². The number of pyridine rings is 1. The van der Waals surface area contributed by atoms with E-state index < -0.39 is 0 Å². The van der Waals surface area contributed by atoms with Crippen LogP contribution < -0.4 is 5.32 Å². The molecule has 4 heterocycles. The highest BCUT2D eigenvalue weighted by atomic mass is 16.3. The largest absolute Gasteiger partial charge is 0.508 e. The van der Waals surface area contributed by atoms with Crippen LogP contribution in [-0.2, 0) is 0 Å². The fourth-order valence-electron chi connectivity index (χ4n) is 4.51. The van der Waals surface area contributed by atoms with E-state index in [1.165, 1.54) is 0 Å². The number of carbonyl (C=O) groups is 1. The average molecular weight is 377 g/mol. The molecule has 5 rings (SSSR count). The van der Waals surface area contributed by atoms with E-state index in [1.807, 2.05) is 11.0 Å². The summed E-state index contributed by atoms with van der Waals surface area (Å²) in [4.78, 5) is 20.1. The molecule has 0 bridgehead atoms. The van der Waals surface area contributed by atoms with Crippen LogP contribution in [0.15, 0.2) is 36.5 Å². The van der Waals surface area contributed by atoms with Crippen LogP contribution in [0.5, 0.6) is 5.75 Å². The number of hydrogen-bond acceptors (Lipinski definition) is 5. The molecule has 0 atom stereocenters. The van der Waals surface area contributed by atoms with Crippen molar-refractivity contribution in [3.05, 3.63) is 42.2 Å². The normalized spacial score (nSPS) is 18.8. The van der Waals surface area contributed by atoms with Crippen molar-refractivity contribution in [1.82, 2.24) is 25.4 Å². The van der Waals surface area contributed by atoms with Gasteiger partial charge in [0.2, 0.25) is 0 Å². The summed E-state index contributed by atoms with van der Waals surface area (Å²) in [7, 11) is 0. The number of phenolic OH excluding ortho intramolecular Hbond substituents is 1. The Kier molecular flexibility index (Phi) is 4.05. The highest BCUT2D eigenvalue weighted by Crippen LogP contribution is 2.39. The summed E-state index contributed by atoms with van der Waals surface area (Å²) in [6.45, 7) is 3.65. The van der Waals surface area contributed by atoms with E-state index in [1.54, 1.807) is 30.5 Å². The molecule has 0 radical (unpaired) electrons. The SMILES string of the molecule is O=C(c1nc(-c2ccc(O)cc2)cc2[nH]ncc12)N1CCC2(CCNCC2)C1. The van der Waals surface area contributed by atoms with E-state index in [2.05, 4.69) is 15.5 Å². The second kappa shape index (κ2) is 6.60. The monoisotopic (exact) mass is 377 g/mol. The maximum atomic E-state index is 13.4. The summed E-state index contributed by atoms with van der Waals surface area (Å²) in [5.41, 5.74) is 3.03. The van der Waals surface area contributed by atoms with Crippen LogP contribution in [0.2, 0.25) is 0 Å². The number of likely N-dealkylation sites (tertiary alicyclic amines) is 1. The smallest absolute Gasteiger partial charge is 0.273 e. The molecule has 3 aromatic rings. The van der Waals surface area contributed by atoms with Crippen LogP contribution in [0, 0.1) is 5.41 Å². The van der Waals surface area contributed by atoms with Crippen LogP contribution >= 0.6 is 0 Å². The molecule has 2 aliphatic rings. The lowest BCUT2D eigenvalue weighted by atomic mass is 9.78. The van der Waals surface area contributed by atoms with Gasteiger partial charge in [-0.3, -0.25) is 9.89 Å². The highest BCUT2D eigenvalue weighted by molar-refractivity contribution is 6.05. The number of piperidine rings is 1. The molecule has 0 aliphatic carbocycles. The van der Waals surface area contributed by atoms with Crippen LogP contribution in [0.4, 0.5) is 0 Å². The number of nitrogens with one attached hydrogen (secondary N) is 2. The minimum Gasteiger partial charge on any atom is -0.508 e. The first-order valence-corrected chi connectivity index (χ1v) is 9.77. The van der Waals surface area contributed by atoms with Crippen LogP contribution in [0.25, 0.3) is 22.2 Å². The van der Waals surface area contributed by atoms with Crippen molar-refractivity contribution in [3.8, 4) is 17.0 Å². The number of aromatic hydroxyl groups is 1. The van der Waals surface area contributed by atoms with E-state index in [0.717, 1.165) is 61.9 Å². The average Bonchev–Trinajstić information content (AvgIpc) is 3.35. The number of hydrogen-bond donors (Lipinski definition) is 3. The van der Waals surface area contributed by atoms with Gasteiger partial charge in [0.25, 0.3) is 5.91 Å². The number of H-pyrrole nitrogens is 1. The minimum absolute atomic E-state index is 0.0255. The Morgan fingerprint density at radius 2 is 1.93 bits per heavy atom. The Hall–Kier alpha value is -2.93. The third-order valence-electron chi connectivity index (χ3n) is 6.19. The molecule has 3 N–H and O–H groups in total. The highest BCUT2D eigenvalue weighted by Gasteiger charge is 2.41. The number of carbonyl (C=O) groups excluding carboxylic acids is 1. The second-order valence-corrected chi connectivity index (χ2v) is 7.96. The Morgan fingerprint density at radius 3 is 2.71 bits per heavy atom. The molecular formula is C21H23N5O2. The van der Waals surface area contributed by atoms with Crippen LogP contribution in [0.3, 0.4) is 0 Å². The van der Waals surface area contributed by atoms with E-state index >= 15 is 0 Å². The number of amides is 1. The van der Waals surface area contributed by atoms with Crippen molar-refractivity contribution in [1.29, 1.82) is 0 Å². The summed E-state index contributed by atoms with van der Waals surface area (Å²) < 4.78 is 0. The molecule has 0 unspecified atom stereocenters. The Labute approximate surface area is 162 Å². The standard InChI is InChI=1S/C21H23N5O2/c27-15-3-1-14(2-4-15)17-11-18-16(12-23-25-18)19(24-17)20(28)26-10-7-21(13-26)5-8-22-9-6-21/h1-4,11-12,22,27H,5-10,13H2,(H,23,25). The number of rotatable bonds is 2. The second-order valence-electron chi connectivity index (χ2n) is 7.96. The first kappa shape index (κ1) is 17.2. The van der Waals surface area contributed by atoms with Crippen LogP contribution in [0.1, 0.15) is 29.8 Å². The van der Waals surface area contributed by atoms with Gasteiger partial charge >= 0.3 is 0 Å². The third kappa shape index (κ3) is 2.92. The molecule has 1 amide bonds. The van der Waals surface area contributed by atoms with Gasteiger partial charge in [0.05, 0.1) is 22.8 Å². The fourth-order valence-corrected chi connectivity index (χ4v) is 4.51. The molecule has 1 spiro atoms. The quantitative estimate of drug-likeness (QED) is 0.638. The van der Waals surface area contributed by atoms with E-state index in [-0.39, 0.29) is 17.1 Å². The Balaban J connectivity index is 1.50. The number of aromatic nitrogens is 3. The summed E-state index contributed by atoms with van der Waals surface area (Å²) in [6.07, 6.45) is 4.98. The first-order chi connectivity index (χ1) is 13.6. The maximum Gasteiger partial charge on any atom is 0.273 e. The summed E-state index contributed by atoms with van der Waals surface area (Å²) in [6, 6.07) is 8.74. The molecule has 2 aliphatic heterocycles. The van der Waals surface area contributed by atoms with Crippen molar-refractivity contribution in [3.63, 3.8) is 0 Å². The van der Waals surface area contributed by atoms with Gasteiger partial charge in [-0.15, -0.1) is 0 Å². The van der Waals surface area contributed by atoms with Crippen molar-refractivity contribution < 1.29 is 9.90 Å². The number of aromatic amines is 1. The predicted octanol–water partition coefficient (Wildman–Crippen LogP) is 2.55. The summed E-state index contributed by atoms with van der Waals surface area (Å²) >= 11 is 0. The molecule has 2 fully saturated rings. The van der Waals surface area contributed by atoms with Crippen molar-refractivity contribution in [2.45, 2.75) is 19.3 Å². The minimum atomic E-state index is -0.0255. The molecule has 7 heteroatoms. The zero-order chi connectivity index (χ0) is 19.1. The zero-order valence-electron chi connectivity index (χ0n) is 15.6. The molecule has 144 valence electrons. The van der Waals surface area contributed by atoms with Crippen molar-refractivity contribution >= 4 is 16.8 Å². The molecule has 28 heavy (non-hydrogen) atoms. The molecule has 0 saturated carbocycles. The predicted molar refractivity (Wildman–Crippen MR) is 106 cm³/mol. The van der Waals surface area contributed by atoms with Gasteiger partial charge in [-0.1, -0.05) is 0 Å². The number of nitrogens with zero attached hydrogens (tertiary/aromatic N) is 3. The lowest BCUT2D eigenvalue weighted by molar-refractivity contribution is 0.0758. The van der Waals surface area contributed by atoms with Crippen LogP contribution in [-0.4, -0.2) is 57.3 Å². The molecular weight excluding hydrogens is 354 g/mol. The summed E-state index contributed by atoms with van der Waals surface area (Å²) in [5, 5.41) is 20.8. The molecule has 1 aromatic carbocycles. The molecule has 7 nitrogen and oxygen atoms in total. The maximum absolute atomic E-state index is 13.4. The van der Waals surface area contributed by atoms with Gasteiger partial charge in [0.15, 0.2) is 0 Å². The van der Waals surface area contributed by atoms with E-state index in [0.29, 0.717) is 11.4 Å². The molecule has 2 saturated heterocycles. The van der Waals surface area contributed by atoms with Gasteiger partial charge < -0.3 is 15.3 Å². The lowest BCUT2D eigenvalue weighted by Gasteiger charge is -2.33. The van der Waals surface area contributed by atoms with E-state index in [4.69, 9.17) is 4.98 Å². The summed E-state index contributed by atoms with van der Waals surface area (Å²) in [5.74, 6) is 0.175. The number of phenols is 1. The van der Waals surface area contributed by atoms with Gasteiger partial charge in [0, 0.05) is 18.7 Å². The van der Waals surface area contributed by atoms with E-state index in [9.17, 15) is 9.90 Å². The van der Waals surface area contributed by atoms with Gasteiger partial charge in [-0.05, 0) is 68.1 Å². The number of fused-ring (bicyclic) bond motifs is 1. The lowest BCUT2D eigenvalue weighted by Crippen LogP contribution is -2.40. The van der Waals surface area contributed by atoms with Crippen molar-refractivity contribution in [2.75, 3.05) is 26.2 Å². The molecule has 2 aromatic heterocycles. The number of benzene rings is 1. The van der Waals surface area contributed by atoms with Gasteiger partial charge in [-0.2, -0.15) is 5.10 Å². The third-order valence-corrected chi connectivity index (χ3v) is 6.19. The Bertz CT molecular complexity index is 1020. The topological polar surface area (TPSA) is 94.1 Å². The Morgan fingerprint density at radius 1 is 1.14 bits per heavy atom.